The number of halogens is 2. The molecule has 0 unspecified atom stereocenters. The number of alkyl halides is 1. The highest BCUT2D eigenvalue weighted by molar-refractivity contribution is 7.89. The molecule has 0 radical (unpaired) electrons. The summed E-state index contributed by atoms with van der Waals surface area (Å²) in [7, 11) is -3.82. The Balaban J connectivity index is 2.19. The van der Waals surface area contributed by atoms with Gasteiger partial charge in [-0.3, -0.25) is 0 Å². The number of hydrogen-bond acceptors (Lipinski definition) is 3. The predicted molar refractivity (Wildman–Crippen MR) is 79.4 cm³/mol. The van der Waals surface area contributed by atoms with Crippen LogP contribution in [0.15, 0.2) is 23.1 Å². The van der Waals surface area contributed by atoms with Crippen molar-refractivity contribution >= 4 is 21.6 Å². The molecule has 0 N–H and O–H groups in total. The van der Waals surface area contributed by atoms with E-state index in [9.17, 15) is 12.8 Å². The molecule has 118 valence electrons. The molecule has 1 aromatic carbocycles. The number of rotatable bonds is 5. The fourth-order valence-electron chi connectivity index (χ4n) is 2.44. The topological polar surface area (TPSA) is 46.6 Å². The third-order valence-corrected chi connectivity index (χ3v) is 5.79. The Morgan fingerprint density at radius 1 is 1.38 bits per heavy atom. The standard InChI is InChI=1S/C14H19ClFNO3S/c1-2-20-12-5-7-17(8-6-12)21(18,19)14-9-11(10-15)3-4-13(14)16/h3-4,9,12H,2,5-8,10H2,1H3. The lowest BCUT2D eigenvalue weighted by Crippen LogP contribution is -2.41. The highest BCUT2D eigenvalue weighted by atomic mass is 35.5. The first-order chi connectivity index (χ1) is 9.98. The van der Waals surface area contributed by atoms with Crippen molar-refractivity contribution in [2.24, 2.45) is 0 Å². The summed E-state index contributed by atoms with van der Waals surface area (Å²) >= 11 is 5.69. The summed E-state index contributed by atoms with van der Waals surface area (Å²) in [5.41, 5.74) is 0.584. The van der Waals surface area contributed by atoms with Crippen LogP contribution in [-0.4, -0.2) is 38.5 Å². The number of sulfonamides is 1. The predicted octanol–water partition coefficient (Wildman–Crippen LogP) is 2.75. The number of hydrogen-bond donors (Lipinski definition) is 0. The zero-order valence-electron chi connectivity index (χ0n) is 11.9. The minimum Gasteiger partial charge on any atom is -0.378 e. The van der Waals surface area contributed by atoms with Crippen molar-refractivity contribution in [3.8, 4) is 0 Å². The smallest absolute Gasteiger partial charge is 0.245 e. The van der Waals surface area contributed by atoms with Crippen LogP contribution in [0.1, 0.15) is 25.3 Å². The molecule has 0 amide bonds. The molecule has 0 saturated carbocycles. The summed E-state index contributed by atoms with van der Waals surface area (Å²) in [6, 6.07) is 3.95. The molecule has 1 aliphatic rings. The van der Waals surface area contributed by atoms with Crippen molar-refractivity contribution in [3.63, 3.8) is 0 Å². The Hall–Kier alpha value is -0.690. The number of nitrogens with zero attached hydrogens (tertiary/aromatic N) is 1. The van der Waals surface area contributed by atoms with Crippen molar-refractivity contribution in [1.82, 2.24) is 4.31 Å². The number of benzene rings is 1. The first kappa shape index (κ1) is 16.7. The van der Waals surface area contributed by atoms with Gasteiger partial charge in [-0.25, -0.2) is 12.8 Å². The van der Waals surface area contributed by atoms with E-state index in [-0.39, 0.29) is 16.9 Å². The molecule has 0 aromatic heterocycles. The van der Waals surface area contributed by atoms with Gasteiger partial charge in [0.2, 0.25) is 10.0 Å². The third kappa shape index (κ3) is 3.74. The molecular formula is C14H19ClFNO3S. The van der Waals surface area contributed by atoms with E-state index in [2.05, 4.69) is 0 Å². The van der Waals surface area contributed by atoms with Crippen molar-refractivity contribution in [2.45, 2.75) is 36.6 Å². The van der Waals surface area contributed by atoms with Crippen molar-refractivity contribution in [2.75, 3.05) is 19.7 Å². The molecule has 7 heteroatoms. The van der Waals surface area contributed by atoms with Gasteiger partial charge < -0.3 is 4.74 Å². The lowest BCUT2D eigenvalue weighted by atomic mass is 10.1. The van der Waals surface area contributed by atoms with Gasteiger partial charge in [0.25, 0.3) is 0 Å². The molecule has 1 fully saturated rings. The van der Waals surface area contributed by atoms with E-state index in [1.54, 1.807) is 0 Å². The van der Waals surface area contributed by atoms with Gasteiger partial charge in [0.15, 0.2) is 0 Å². The van der Waals surface area contributed by atoms with Crippen LogP contribution >= 0.6 is 11.6 Å². The molecule has 4 nitrogen and oxygen atoms in total. The maximum Gasteiger partial charge on any atom is 0.245 e. The molecular weight excluding hydrogens is 317 g/mol. The second-order valence-corrected chi connectivity index (χ2v) is 7.13. The van der Waals surface area contributed by atoms with Gasteiger partial charge in [-0.05, 0) is 37.5 Å². The van der Waals surface area contributed by atoms with Gasteiger partial charge >= 0.3 is 0 Å². The molecule has 0 aliphatic carbocycles. The van der Waals surface area contributed by atoms with Crippen LogP contribution in [0.5, 0.6) is 0 Å². The van der Waals surface area contributed by atoms with Crippen LogP contribution in [0.4, 0.5) is 4.39 Å². The van der Waals surface area contributed by atoms with Crippen molar-refractivity contribution < 1.29 is 17.5 Å². The molecule has 0 bridgehead atoms. The Bertz CT molecular complexity index is 586. The zero-order valence-corrected chi connectivity index (χ0v) is 13.5. The van der Waals surface area contributed by atoms with E-state index in [1.165, 1.54) is 16.4 Å². The first-order valence-electron chi connectivity index (χ1n) is 6.95. The summed E-state index contributed by atoms with van der Waals surface area (Å²) in [5, 5.41) is 0. The van der Waals surface area contributed by atoms with Crippen LogP contribution < -0.4 is 0 Å². The van der Waals surface area contributed by atoms with Gasteiger partial charge in [0.05, 0.1) is 6.10 Å². The van der Waals surface area contributed by atoms with Gasteiger partial charge in [-0.15, -0.1) is 11.6 Å². The average molecular weight is 336 g/mol. The second kappa shape index (κ2) is 7.05. The van der Waals surface area contributed by atoms with E-state index in [0.717, 1.165) is 6.07 Å². The fraction of sp³-hybridized carbons (Fsp3) is 0.571. The largest absolute Gasteiger partial charge is 0.378 e. The van der Waals surface area contributed by atoms with E-state index < -0.39 is 15.8 Å². The van der Waals surface area contributed by atoms with Gasteiger partial charge in [-0.2, -0.15) is 4.31 Å². The minimum atomic E-state index is -3.82. The van der Waals surface area contributed by atoms with Gasteiger partial charge in [0, 0.05) is 25.6 Å². The monoisotopic (exact) mass is 335 g/mol. The minimum absolute atomic E-state index is 0.0838. The molecule has 1 aromatic rings. The normalized spacial score (nSPS) is 18.0. The lowest BCUT2D eigenvalue weighted by molar-refractivity contribution is 0.0290. The SMILES string of the molecule is CCOC1CCN(S(=O)(=O)c2cc(CCl)ccc2F)CC1. The number of piperidine rings is 1. The highest BCUT2D eigenvalue weighted by Crippen LogP contribution is 2.25. The molecule has 0 spiro atoms. The third-order valence-electron chi connectivity index (χ3n) is 3.57. The first-order valence-corrected chi connectivity index (χ1v) is 8.92. The Morgan fingerprint density at radius 2 is 2.05 bits per heavy atom. The summed E-state index contributed by atoms with van der Waals surface area (Å²) in [6.45, 7) is 3.22. The number of ether oxygens (including phenoxy) is 1. The highest BCUT2D eigenvalue weighted by Gasteiger charge is 2.31. The Kier molecular flexibility index (Phi) is 5.60. The van der Waals surface area contributed by atoms with Crippen LogP contribution in [0.3, 0.4) is 0 Å². The zero-order chi connectivity index (χ0) is 15.5. The maximum absolute atomic E-state index is 13.9. The maximum atomic E-state index is 13.9. The Morgan fingerprint density at radius 3 is 2.62 bits per heavy atom. The second-order valence-electron chi connectivity index (χ2n) is 4.96. The van der Waals surface area contributed by atoms with Gasteiger partial charge in [-0.1, -0.05) is 6.07 Å². The van der Waals surface area contributed by atoms with Crippen LogP contribution in [0.25, 0.3) is 0 Å². The van der Waals surface area contributed by atoms with Crippen LogP contribution in [-0.2, 0) is 20.6 Å². The molecule has 0 atom stereocenters. The van der Waals surface area contributed by atoms with E-state index >= 15 is 0 Å². The quantitative estimate of drug-likeness (QED) is 0.777. The molecule has 2 rings (SSSR count). The summed E-state index contributed by atoms with van der Waals surface area (Å²) in [6.07, 6.45) is 1.34. The van der Waals surface area contributed by atoms with Crippen molar-refractivity contribution in [3.05, 3.63) is 29.6 Å². The fourth-order valence-corrected chi connectivity index (χ4v) is 4.19. The van der Waals surface area contributed by atoms with Crippen molar-refractivity contribution in [1.29, 1.82) is 0 Å². The Labute approximate surface area is 129 Å². The molecule has 1 heterocycles. The summed E-state index contributed by atoms with van der Waals surface area (Å²) < 4.78 is 45.8. The lowest BCUT2D eigenvalue weighted by Gasteiger charge is -2.31. The van der Waals surface area contributed by atoms with E-state index in [4.69, 9.17) is 16.3 Å². The van der Waals surface area contributed by atoms with Gasteiger partial charge in [0.1, 0.15) is 10.7 Å². The van der Waals surface area contributed by atoms with E-state index in [0.29, 0.717) is 38.1 Å². The average Bonchev–Trinajstić information content (AvgIpc) is 2.48. The van der Waals surface area contributed by atoms with E-state index in [1.807, 2.05) is 6.92 Å². The molecule has 1 aliphatic heterocycles. The van der Waals surface area contributed by atoms with Crippen LogP contribution in [0.2, 0.25) is 0 Å². The van der Waals surface area contributed by atoms with Crippen LogP contribution in [0, 0.1) is 5.82 Å². The summed E-state index contributed by atoms with van der Waals surface area (Å²) in [4.78, 5) is -0.296. The molecule has 1 saturated heterocycles. The molecule has 21 heavy (non-hydrogen) atoms. The summed E-state index contributed by atoms with van der Waals surface area (Å²) in [5.74, 6) is -0.592.